The Hall–Kier alpha value is -2.37. The lowest BCUT2D eigenvalue weighted by Crippen LogP contribution is -2.31. The molecule has 3 rings (SSSR count). The molecule has 0 spiro atoms. The maximum absolute atomic E-state index is 12.5. The van der Waals surface area contributed by atoms with Gasteiger partial charge in [0.1, 0.15) is 5.69 Å². The molecule has 6 heteroatoms. The zero-order chi connectivity index (χ0) is 13.9. The molecule has 6 nitrogen and oxygen atoms in total. The van der Waals surface area contributed by atoms with Crippen molar-refractivity contribution in [2.45, 2.75) is 25.8 Å². The Labute approximate surface area is 116 Å². The third-order valence-electron chi connectivity index (χ3n) is 3.44. The molecule has 0 saturated carbocycles. The molecule has 1 unspecified atom stereocenters. The van der Waals surface area contributed by atoms with E-state index in [4.69, 9.17) is 0 Å². The highest BCUT2D eigenvalue weighted by Crippen LogP contribution is 2.31. The molecule has 0 bridgehead atoms. The van der Waals surface area contributed by atoms with E-state index in [1.54, 1.807) is 24.8 Å². The van der Waals surface area contributed by atoms with E-state index < -0.39 is 0 Å². The molecule has 1 saturated heterocycles. The second-order valence-corrected chi connectivity index (χ2v) is 4.83. The molecule has 102 valence electrons. The van der Waals surface area contributed by atoms with Crippen molar-refractivity contribution in [3.8, 4) is 0 Å². The largest absolute Gasteiger partial charge is 0.329 e. The molecule has 0 radical (unpaired) electrons. The Morgan fingerprint density at radius 1 is 1.20 bits per heavy atom. The van der Waals surface area contributed by atoms with E-state index in [1.165, 1.54) is 6.20 Å². The quantitative estimate of drug-likeness (QED) is 0.827. The van der Waals surface area contributed by atoms with Crippen LogP contribution in [0.5, 0.6) is 0 Å². The van der Waals surface area contributed by atoms with Gasteiger partial charge >= 0.3 is 0 Å². The van der Waals surface area contributed by atoms with Gasteiger partial charge in [0.15, 0.2) is 0 Å². The molecule has 1 atom stereocenters. The predicted octanol–water partition coefficient (Wildman–Crippen LogP) is 1.55. The van der Waals surface area contributed by atoms with Crippen molar-refractivity contribution in [3.63, 3.8) is 0 Å². The maximum Gasteiger partial charge on any atom is 0.274 e. The minimum Gasteiger partial charge on any atom is -0.329 e. The second kappa shape index (κ2) is 5.32. The summed E-state index contributed by atoms with van der Waals surface area (Å²) in [5.41, 5.74) is 2.01. The first kappa shape index (κ1) is 12.7. The van der Waals surface area contributed by atoms with Crippen molar-refractivity contribution >= 4 is 5.91 Å². The Balaban J connectivity index is 1.85. The number of hydrogen-bond acceptors (Lipinski definition) is 5. The van der Waals surface area contributed by atoms with Crippen molar-refractivity contribution in [2.24, 2.45) is 0 Å². The summed E-state index contributed by atoms with van der Waals surface area (Å²) in [5, 5.41) is 0. The van der Waals surface area contributed by atoms with Gasteiger partial charge in [0.05, 0.1) is 29.8 Å². The van der Waals surface area contributed by atoms with Gasteiger partial charge in [0, 0.05) is 25.1 Å². The van der Waals surface area contributed by atoms with Crippen LogP contribution in [0.1, 0.15) is 40.8 Å². The normalized spacial score (nSPS) is 18.2. The summed E-state index contributed by atoms with van der Waals surface area (Å²) in [4.78, 5) is 31.0. The average molecular weight is 269 g/mol. The summed E-state index contributed by atoms with van der Waals surface area (Å²) in [7, 11) is 0. The van der Waals surface area contributed by atoms with Gasteiger partial charge in [-0.25, -0.2) is 4.98 Å². The predicted molar refractivity (Wildman–Crippen MR) is 71.8 cm³/mol. The second-order valence-electron chi connectivity index (χ2n) is 4.83. The molecule has 0 aliphatic carbocycles. The fraction of sp³-hybridized carbons (Fsp3) is 0.357. The van der Waals surface area contributed by atoms with E-state index in [-0.39, 0.29) is 11.9 Å². The lowest BCUT2D eigenvalue weighted by molar-refractivity contribution is 0.0726. The molecular formula is C14H15N5O. The van der Waals surface area contributed by atoms with Crippen LogP contribution < -0.4 is 0 Å². The highest BCUT2D eigenvalue weighted by atomic mass is 16.2. The summed E-state index contributed by atoms with van der Waals surface area (Å²) in [5.74, 6) is -0.0920. The molecule has 2 aromatic heterocycles. The van der Waals surface area contributed by atoms with Crippen molar-refractivity contribution < 1.29 is 4.79 Å². The number of aromatic nitrogens is 4. The number of nitrogens with zero attached hydrogens (tertiary/aromatic N) is 5. The average Bonchev–Trinajstić information content (AvgIpc) is 2.97. The van der Waals surface area contributed by atoms with Crippen molar-refractivity contribution in [3.05, 3.63) is 48.1 Å². The molecule has 1 aliphatic heterocycles. The van der Waals surface area contributed by atoms with E-state index in [1.807, 2.05) is 11.8 Å². The van der Waals surface area contributed by atoms with Gasteiger partial charge in [-0.2, -0.15) is 0 Å². The van der Waals surface area contributed by atoms with E-state index in [2.05, 4.69) is 19.9 Å². The van der Waals surface area contributed by atoms with Crippen LogP contribution in [-0.4, -0.2) is 37.3 Å². The minimum atomic E-state index is -0.0920. The molecule has 0 N–H and O–H groups in total. The van der Waals surface area contributed by atoms with Crippen LogP contribution >= 0.6 is 0 Å². The first-order valence-electron chi connectivity index (χ1n) is 6.61. The Morgan fingerprint density at radius 2 is 2.10 bits per heavy atom. The van der Waals surface area contributed by atoms with Crippen LogP contribution in [0.4, 0.5) is 0 Å². The number of amides is 1. The summed E-state index contributed by atoms with van der Waals surface area (Å²) in [6, 6.07) is -0.0145. The highest BCUT2D eigenvalue weighted by Gasteiger charge is 2.32. The van der Waals surface area contributed by atoms with Gasteiger partial charge in [-0.05, 0) is 19.8 Å². The van der Waals surface area contributed by atoms with Crippen LogP contribution in [-0.2, 0) is 0 Å². The van der Waals surface area contributed by atoms with Gasteiger partial charge in [0.2, 0.25) is 0 Å². The highest BCUT2D eigenvalue weighted by molar-refractivity contribution is 5.92. The number of likely N-dealkylation sites (tertiary alicyclic amines) is 1. The van der Waals surface area contributed by atoms with E-state index in [0.717, 1.165) is 30.8 Å². The molecule has 2 aromatic rings. The van der Waals surface area contributed by atoms with E-state index in [9.17, 15) is 4.79 Å². The molecule has 0 aromatic carbocycles. The third-order valence-corrected chi connectivity index (χ3v) is 3.44. The molecule has 1 aliphatic rings. The smallest absolute Gasteiger partial charge is 0.274 e. The Kier molecular flexibility index (Phi) is 3.37. The lowest BCUT2D eigenvalue weighted by atomic mass is 10.1. The van der Waals surface area contributed by atoms with Crippen LogP contribution in [0, 0.1) is 6.92 Å². The summed E-state index contributed by atoms with van der Waals surface area (Å²) in [6.45, 7) is 2.56. The number of aryl methyl sites for hydroxylation is 1. The Morgan fingerprint density at radius 3 is 2.80 bits per heavy atom. The number of carbonyl (C=O) groups is 1. The Bertz CT molecular complexity index is 599. The fourth-order valence-corrected chi connectivity index (χ4v) is 2.45. The number of carbonyl (C=O) groups excluding carboxylic acids is 1. The zero-order valence-corrected chi connectivity index (χ0v) is 11.2. The van der Waals surface area contributed by atoms with Crippen molar-refractivity contribution in [2.75, 3.05) is 6.54 Å². The first-order chi connectivity index (χ1) is 9.75. The maximum atomic E-state index is 12.5. The van der Waals surface area contributed by atoms with E-state index >= 15 is 0 Å². The lowest BCUT2D eigenvalue weighted by Gasteiger charge is -2.23. The summed E-state index contributed by atoms with van der Waals surface area (Å²) < 4.78 is 0. The van der Waals surface area contributed by atoms with Crippen molar-refractivity contribution in [1.82, 2.24) is 24.8 Å². The van der Waals surface area contributed by atoms with Gasteiger partial charge in [-0.1, -0.05) is 0 Å². The molecule has 1 fully saturated rings. The van der Waals surface area contributed by atoms with Gasteiger partial charge in [-0.15, -0.1) is 0 Å². The molecular weight excluding hydrogens is 254 g/mol. The zero-order valence-electron chi connectivity index (χ0n) is 11.2. The summed E-state index contributed by atoms with van der Waals surface area (Å²) in [6.07, 6.45) is 10.0. The number of hydrogen-bond donors (Lipinski definition) is 0. The monoisotopic (exact) mass is 269 g/mol. The minimum absolute atomic E-state index is 0.0145. The van der Waals surface area contributed by atoms with Crippen LogP contribution in [0.2, 0.25) is 0 Å². The molecule has 20 heavy (non-hydrogen) atoms. The molecule has 3 heterocycles. The fourth-order valence-electron chi connectivity index (χ4n) is 2.45. The van der Waals surface area contributed by atoms with Crippen LogP contribution in [0.15, 0.2) is 31.0 Å². The topological polar surface area (TPSA) is 71.9 Å². The SMILES string of the molecule is Cc1cnc(C(=O)N2CCCC2c2cnccn2)cn1. The third kappa shape index (κ3) is 2.36. The van der Waals surface area contributed by atoms with E-state index in [0.29, 0.717) is 5.69 Å². The van der Waals surface area contributed by atoms with Gasteiger partial charge < -0.3 is 4.90 Å². The van der Waals surface area contributed by atoms with Gasteiger partial charge in [0.25, 0.3) is 5.91 Å². The van der Waals surface area contributed by atoms with Crippen molar-refractivity contribution in [1.29, 1.82) is 0 Å². The van der Waals surface area contributed by atoms with Gasteiger partial charge in [-0.3, -0.25) is 19.7 Å². The van der Waals surface area contributed by atoms with Crippen LogP contribution in [0.25, 0.3) is 0 Å². The van der Waals surface area contributed by atoms with Crippen LogP contribution in [0.3, 0.4) is 0 Å². The number of rotatable bonds is 2. The first-order valence-corrected chi connectivity index (χ1v) is 6.61. The summed E-state index contributed by atoms with van der Waals surface area (Å²) >= 11 is 0. The standard InChI is InChI=1S/C14H15N5O/c1-10-7-18-12(9-17-10)14(20)19-6-2-3-13(19)11-8-15-4-5-16-11/h4-5,7-9,13H,2-3,6H2,1H3. The molecule has 1 amide bonds.